The summed E-state index contributed by atoms with van der Waals surface area (Å²) in [5.74, 6) is -1.45. The van der Waals surface area contributed by atoms with Crippen molar-refractivity contribution in [1.29, 1.82) is 0 Å². The molecule has 0 aromatic rings. The van der Waals surface area contributed by atoms with Crippen molar-refractivity contribution in [2.45, 2.75) is 19.8 Å². The zero-order chi connectivity index (χ0) is 11.0. The van der Waals surface area contributed by atoms with Crippen LogP contribution < -0.4 is 10.6 Å². The SMILES string of the molecule is CCC(CNC(=O)CCNC)C(=O)O. The van der Waals surface area contributed by atoms with Crippen LogP contribution in [-0.4, -0.2) is 37.1 Å². The number of amides is 1. The summed E-state index contributed by atoms with van der Waals surface area (Å²) in [4.78, 5) is 21.7. The first kappa shape index (κ1) is 12.9. The average molecular weight is 202 g/mol. The van der Waals surface area contributed by atoms with Crippen molar-refractivity contribution in [3.05, 3.63) is 0 Å². The molecule has 0 radical (unpaired) electrons. The van der Waals surface area contributed by atoms with Gasteiger partial charge in [0.1, 0.15) is 0 Å². The Bertz CT molecular complexity index is 194. The van der Waals surface area contributed by atoms with Crippen LogP contribution in [0.3, 0.4) is 0 Å². The highest BCUT2D eigenvalue weighted by Crippen LogP contribution is 2.00. The molecule has 0 saturated heterocycles. The number of aliphatic carboxylic acids is 1. The molecule has 0 fully saturated rings. The van der Waals surface area contributed by atoms with Crippen LogP contribution in [0.2, 0.25) is 0 Å². The lowest BCUT2D eigenvalue weighted by atomic mass is 10.1. The van der Waals surface area contributed by atoms with Gasteiger partial charge in [-0.1, -0.05) is 6.92 Å². The van der Waals surface area contributed by atoms with Gasteiger partial charge in [-0.15, -0.1) is 0 Å². The second kappa shape index (κ2) is 7.32. The zero-order valence-corrected chi connectivity index (χ0v) is 8.67. The zero-order valence-electron chi connectivity index (χ0n) is 8.67. The first-order valence-electron chi connectivity index (χ1n) is 4.75. The highest BCUT2D eigenvalue weighted by Gasteiger charge is 2.15. The highest BCUT2D eigenvalue weighted by atomic mass is 16.4. The van der Waals surface area contributed by atoms with Crippen molar-refractivity contribution >= 4 is 11.9 Å². The highest BCUT2D eigenvalue weighted by molar-refractivity contribution is 5.77. The van der Waals surface area contributed by atoms with Crippen molar-refractivity contribution < 1.29 is 14.7 Å². The Morgan fingerprint density at radius 3 is 2.50 bits per heavy atom. The minimum absolute atomic E-state index is 0.112. The predicted octanol–water partition coefficient (Wildman–Crippen LogP) is -0.177. The molecule has 1 atom stereocenters. The molecule has 0 bridgehead atoms. The summed E-state index contributed by atoms with van der Waals surface area (Å²) in [6.07, 6.45) is 0.911. The largest absolute Gasteiger partial charge is 0.481 e. The van der Waals surface area contributed by atoms with Gasteiger partial charge in [-0.2, -0.15) is 0 Å². The number of carboxylic acids is 1. The average Bonchev–Trinajstić information content (AvgIpc) is 2.15. The van der Waals surface area contributed by atoms with E-state index in [9.17, 15) is 9.59 Å². The molecule has 0 aliphatic rings. The Morgan fingerprint density at radius 2 is 2.07 bits per heavy atom. The van der Waals surface area contributed by atoms with E-state index in [-0.39, 0.29) is 12.5 Å². The molecule has 0 spiro atoms. The fourth-order valence-electron chi connectivity index (χ4n) is 0.970. The maximum Gasteiger partial charge on any atom is 0.308 e. The van der Waals surface area contributed by atoms with Gasteiger partial charge in [0.05, 0.1) is 5.92 Å². The number of hydrogen-bond acceptors (Lipinski definition) is 3. The quantitative estimate of drug-likeness (QED) is 0.535. The van der Waals surface area contributed by atoms with Crippen LogP contribution in [0, 0.1) is 5.92 Å². The van der Waals surface area contributed by atoms with E-state index in [0.29, 0.717) is 19.4 Å². The first-order chi connectivity index (χ1) is 6.61. The molecule has 5 nitrogen and oxygen atoms in total. The van der Waals surface area contributed by atoms with Crippen molar-refractivity contribution in [2.24, 2.45) is 5.92 Å². The molecule has 1 unspecified atom stereocenters. The van der Waals surface area contributed by atoms with Crippen LogP contribution in [-0.2, 0) is 9.59 Å². The van der Waals surface area contributed by atoms with Crippen LogP contribution in [0.15, 0.2) is 0 Å². The van der Waals surface area contributed by atoms with Crippen LogP contribution >= 0.6 is 0 Å². The summed E-state index contributed by atoms with van der Waals surface area (Å²) < 4.78 is 0. The molecule has 14 heavy (non-hydrogen) atoms. The molecule has 0 aromatic heterocycles. The lowest BCUT2D eigenvalue weighted by Gasteiger charge is -2.10. The van der Waals surface area contributed by atoms with Crippen molar-refractivity contribution in [2.75, 3.05) is 20.1 Å². The first-order valence-corrected chi connectivity index (χ1v) is 4.75. The molecule has 1 amide bonds. The monoisotopic (exact) mass is 202 g/mol. The second-order valence-electron chi connectivity index (χ2n) is 3.10. The van der Waals surface area contributed by atoms with Crippen LogP contribution in [0.4, 0.5) is 0 Å². The van der Waals surface area contributed by atoms with Gasteiger partial charge in [0.15, 0.2) is 0 Å². The van der Waals surface area contributed by atoms with Crippen molar-refractivity contribution in [3.8, 4) is 0 Å². The smallest absolute Gasteiger partial charge is 0.308 e. The molecule has 5 heteroatoms. The molecule has 0 rings (SSSR count). The fraction of sp³-hybridized carbons (Fsp3) is 0.778. The number of rotatable bonds is 7. The second-order valence-corrected chi connectivity index (χ2v) is 3.10. The molecule has 0 aromatic carbocycles. The van der Waals surface area contributed by atoms with Gasteiger partial charge >= 0.3 is 5.97 Å². The van der Waals surface area contributed by atoms with E-state index in [1.807, 2.05) is 0 Å². The van der Waals surface area contributed by atoms with Crippen molar-refractivity contribution in [1.82, 2.24) is 10.6 Å². The Labute approximate surface area is 83.9 Å². The van der Waals surface area contributed by atoms with Gasteiger partial charge in [-0.05, 0) is 13.5 Å². The van der Waals surface area contributed by atoms with E-state index in [1.165, 1.54) is 0 Å². The van der Waals surface area contributed by atoms with Crippen LogP contribution in [0.25, 0.3) is 0 Å². The number of hydrogen-bond donors (Lipinski definition) is 3. The van der Waals surface area contributed by atoms with E-state index in [0.717, 1.165) is 0 Å². The molecule has 0 heterocycles. The summed E-state index contributed by atoms with van der Waals surface area (Å²) in [6.45, 7) is 2.61. The summed E-state index contributed by atoms with van der Waals surface area (Å²) in [5.41, 5.74) is 0. The van der Waals surface area contributed by atoms with Gasteiger partial charge in [0.25, 0.3) is 0 Å². The number of carbonyl (C=O) groups excluding carboxylic acids is 1. The maximum absolute atomic E-state index is 11.1. The van der Waals surface area contributed by atoms with E-state index in [1.54, 1.807) is 14.0 Å². The Hall–Kier alpha value is -1.10. The fourth-order valence-corrected chi connectivity index (χ4v) is 0.970. The van der Waals surface area contributed by atoms with Gasteiger partial charge in [0.2, 0.25) is 5.91 Å². The summed E-state index contributed by atoms with van der Waals surface area (Å²) in [5, 5.41) is 14.1. The van der Waals surface area contributed by atoms with Gasteiger partial charge in [-0.25, -0.2) is 0 Å². The molecule has 0 saturated carbocycles. The summed E-state index contributed by atoms with van der Waals surface area (Å²) in [6, 6.07) is 0. The number of nitrogens with one attached hydrogen (secondary N) is 2. The molecular formula is C9H18N2O3. The molecule has 3 N–H and O–H groups in total. The number of carboxylic acid groups (broad SMARTS) is 1. The minimum atomic E-state index is -0.860. The third-order valence-corrected chi connectivity index (χ3v) is 1.99. The summed E-state index contributed by atoms with van der Waals surface area (Å²) >= 11 is 0. The molecular weight excluding hydrogens is 184 g/mol. The molecule has 0 aliphatic heterocycles. The Kier molecular flexibility index (Phi) is 6.74. The minimum Gasteiger partial charge on any atom is -0.481 e. The lowest BCUT2D eigenvalue weighted by molar-refractivity contribution is -0.141. The summed E-state index contributed by atoms with van der Waals surface area (Å²) in [7, 11) is 1.76. The third-order valence-electron chi connectivity index (χ3n) is 1.99. The number of carbonyl (C=O) groups is 2. The molecule has 82 valence electrons. The standard InChI is InChI=1S/C9H18N2O3/c1-3-7(9(13)14)6-11-8(12)4-5-10-2/h7,10H,3-6H2,1-2H3,(H,11,12)(H,13,14). The maximum atomic E-state index is 11.1. The van der Waals surface area contributed by atoms with E-state index in [4.69, 9.17) is 5.11 Å². The Balaban J connectivity index is 3.68. The van der Waals surface area contributed by atoms with Gasteiger partial charge in [-0.3, -0.25) is 9.59 Å². The van der Waals surface area contributed by atoms with Gasteiger partial charge < -0.3 is 15.7 Å². The van der Waals surface area contributed by atoms with E-state index >= 15 is 0 Å². The molecule has 0 aliphatic carbocycles. The van der Waals surface area contributed by atoms with Gasteiger partial charge in [0, 0.05) is 19.5 Å². The van der Waals surface area contributed by atoms with Crippen molar-refractivity contribution in [3.63, 3.8) is 0 Å². The van der Waals surface area contributed by atoms with Crippen LogP contribution in [0.5, 0.6) is 0 Å². The topological polar surface area (TPSA) is 78.4 Å². The predicted molar refractivity (Wildman–Crippen MR) is 53.0 cm³/mol. The third kappa shape index (κ3) is 5.53. The Morgan fingerprint density at radius 1 is 1.43 bits per heavy atom. The normalized spacial score (nSPS) is 12.1. The lowest BCUT2D eigenvalue weighted by Crippen LogP contribution is -2.33. The van der Waals surface area contributed by atoms with E-state index < -0.39 is 11.9 Å². The van der Waals surface area contributed by atoms with Crippen LogP contribution in [0.1, 0.15) is 19.8 Å². The van der Waals surface area contributed by atoms with E-state index in [2.05, 4.69) is 10.6 Å².